The van der Waals surface area contributed by atoms with Crippen LogP contribution in [0.3, 0.4) is 0 Å². The van der Waals surface area contributed by atoms with Crippen molar-refractivity contribution >= 4 is 75.3 Å². The van der Waals surface area contributed by atoms with Crippen LogP contribution in [0.5, 0.6) is 0 Å². The SMILES string of the molecule is O=c1c2ccc(-c3ccccc3)cc2oc2cc3sc4c(-n5c6ccc(F)cc6c6cc(F)ccc65)cccc4c3cc12. The van der Waals surface area contributed by atoms with E-state index in [0.29, 0.717) is 32.7 Å². The molecule has 0 N–H and O–H groups in total. The van der Waals surface area contributed by atoms with Gasteiger partial charge in [-0.25, -0.2) is 8.78 Å². The highest BCUT2D eigenvalue weighted by Gasteiger charge is 2.19. The molecule has 204 valence electrons. The summed E-state index contributed by atoms with van der Waals surface area (Å²) in [5, 5.41) is 4.32. The van der Waals surface area contributed by atoms with Gasteiger partial charge in [-0.2, -0.15) is 0 Å². The van der Waals surface area contributed by atoms with Gasteiger partial charge in [0.25, 0.3) is 0 Å². The van der Waals surface area contributed by atoms with Gasteiger partial charge >= 0.3 is 0 Å². The van der Waals surface area contributed by atoms with Crippen LogP contribution in [0.2, 0.25) is 0 Å². The zero-order chi connectivity index (χ0) is 28.8. The molecule has 0 unspecified atom stereocenters. The lowest BCUT2D eigenvalue weighted by Gasteiger charge is -2.09. The van der Waals surface area contributed by atoms with Crippen LogP contribution in [0.15, 0.2) is 124 Å². The predicted molar refractivity (Wildman–Crippen MR) is 173 cm³/mol. The normalized spacial score (nSPS) is 12.0. The summed E-state index contributed by atoms with van der Waals surface area (Å²) >= 11 is 1.61. The lowest BCUT2D eigenvalue weighted by Crippen LogP contribution is -2.02. The smallest absolute Gasteiger partial charge is 0.200 e. The zero-order valence-corrected chi connectivity index (χ0v) is 23.2. The van der Waals surface area contributed by atoms with Crippen molar-refractivity contribution in [2.24, 2.45) is 0 Å². The Balaban J connectivity index is 1.32. The summed E-state index contributed by atoms with van der Waals surface area (Å²) in [6, 6.07) is 34.9. The number of benzene rings is 6. The molecule has 0 fully saturated rings. The van der Waals surface area contributed by atoms with Gasteiger partial charge in [-0.3, -0.25) is 4.79 Å². The molecule has 0 atom stereocenters. The molecule has 9 rings (SSSR count). The van der Waals surface area contributed by atoms with E-state index in [-0.39, 0.29) is 17.1 Å². The van der Waals surface area contributed by atoms with E-state index in [0.717, 1.165) is 48.0 Å². The molecule has 0 aliphatic carbocycles. The van der Waals surface area contributed by atoms with Crippen molar-refractivity contribution in [3.8, 4) is 16.8 Å². The van der Waals surface area contributed by atoms with Crippen LogP contribution in [-0.2, 0) is 0 Å². The highest BCUT2D eigenvalue weighted by atomic mass is 32.1. The van der Waals surface area contributed by atoms with Crippen LogP contribution >= 0.6 is 11.3 Å². The number of hydrogen-bond acceptors (Lipinski definition) is 3. The Labute approximate surface area is 246 Å². The van der Waals surface area contributed by atoms with Crippen LogP contribution in [0.1, 0.15) is 0 Å². The lowest BCUT2D eigenvalue weighted by atomic mass is 10.0. The molecule has 0 aliphatic rings. The maximum atomic E-state index is 14.3. The average molecular weight is 580 g/mol. The second-order valence-electron chi connectivity index (χ2n) is 10.8. The molecule has 0 spiro atoms. The first-order valence-electron chi connectivity index (χ1n) is 13.8. The Bertz CT molecular complexity index is 2610. The monoisotopic (exact) mass is 579 g/mol. The van der Waals surface area contributed by atoms with E-state index in [2.05, 4.69) is 4.57 Å². The summed E-state index contributed by atoms with van der Waals surface area (Å²) in [5.74, 6) is -0.744. The van der Waals surface area contributed by atoms with Crippen molar-refractivity contribution in [2.45, 2.75) is 0 Å². The highest BCUT2D eigenvalue weighted by molar-refractivity contribution is 7.26. The van der Waals surface area contributed by atoms with Crippen molar-refractivity contribution in [1.82, 2.24) is 4.57 Å². The van der Waals surface area contributed by atoms with E-state index in [4.69, 9.17) is 4.42 Å². The standard InChI is InChI=1S/C37H19F2NO2S/c38-22-10-13-30-26(16-22)27-17-23(39)11-14-31(27)40(30)32-8-4-7-24-28-18-29-34(19-35(28)43-37(24)32)42-33-15-21(9-12-25(33)36(29)41)20-5-2-1-3-6-20/h1-19H. The molecule has 6 aromatic carbocycles. The van der Waals surface area contributed by atoms with Crippen LogP contribution in [0.25, 0.3) is 80.7 Å². The van der Waals surface area contributed by atoms with Gasteiger partial charge in [-0.05, 0) is 77.9 Å². The van der Waals surface area contributed by atoms with Gasteiger partial charge in [0.15, 0.2) is 0 Å². The summed E-state index contributed by atoms with van der Waals surface area (Å²) in [5.41, 5.74) is 5.52. The minimum atomic E-state index is -0.372. The van der Waals surface area contributed by atoms with Crippen LogP contribution < -0.4 is 5.43 Å². The Hall–Kier alpha value is -5.33. The number of hydrogen-bond donors (Lipinski definition) is 0. The maximum Gasteiger partial charge on any atom is 0.200 e. The largest absolute Gasteiger partial charge is 0.456 e. The number of halogens is 2. The summed E-state index contributed by atoms with van der Waals surface area (Å²) in [7, 11) is 0. The van der Waals surface area contributed by atoms with E-state index >= 15 is 0 Å². The van der Waals surface area contributed by atoms with E-state index in [1.165, 1.54) is 24.3 Å². The third kappa shape index (κ3) is 3.53. The summed E-state index contributed by atoms with van der Waals surface area (Å²) in [6.07, 6.45) is 0. The molecule has 0 radical (unpaired) electrons. The number of aromatic nitrogens is 1. The Morgan fingerprint density at radius 2 is 1.28 bits per heavy atom. The molecule has 9 aromatic rings. The van der Waals surface area contributed by atoms with Gasteiger partial charge < -0.3 is 8.98 Å². The molecule has 3 nitrogen and oxygen atoms in total. The van der Waals surface area contributed by atoms with Crippen LogP contribution in [0.4, 0.5) is 8.78 Å². The van der Waals surface area contributed by atoms with Gasteiger partial charge in [-0.1, -0.05) is 48.5 Å². The second kappa shape index (κ2) is 8.84. The first-order valence-corrected chi connectivity index (χ1v) is 14.7. The van der Waals surface area contributed by atoms with Gasteiger partial charge in [0.2, 0.25) is 5.43 Å². The fraction of sp³-hybridized carbons (Fsp3) is 0. The fourth-order valence-corrected chi connectivity index (χ4v) is 7.56. The van der Waals surface area contributed by atoms with Crippen LogP contribution in [-0.4, -0.2) is 4.57 Å². The first kappa shape index (κ1) is 24.3. The molecule has 0 saturated heterocycles. The fourth-order valence-electron chi connectivity index (χ4n) is 6.34. The first-order chi connectivity index (χ1) is 21.0. The molecule has 6 heteroatoms. The molecule has 0 aliphatic heterocycles. The molecular weight excluding hydrogens is 560 g/mol. The van der Waals surface area contributed by atoms with Crippen LogP contribution in [0, 0.1) is 11.6 Å². The quantitative estimate of drug-likeness (QED) is 0.191. The van der Waals surface area contributed by atoms with Gasteiger partial charge in [-0.15, -0.1) is 11.3 Å². The van der Waals surface area contributed by atoms with E-state index in [9.17, 15) is 13.6 Å². The minimum absolute atomic E-state index is 0.0697. The number of fused-ring (bicyclic) bond motifs is 8. The molecule has 0 saturated carbocycles. The van der Waals surface area contributed by atoms with Crippen molar-refractivity contribution in [3.05, 3.63) is 137 Å². The second-order valence-corrected chi connectivity index (χ2v) is 11.8. The van der Waals surface area contributed by atoms with Gasteiger partial charge in [0, 0.05) is 26.2 Å². The number of thiophene rings is 1. The van der Waals surface area contributed by atoms with Crippen molar-refractivity contribution in [1.29, 1.82) is 0 Å². The Kier molecular flexibility index (Phi) is 4.99. The number of rotatable bonds is 2. The molecule has 0 bridgehead atoms. The third-order valence-corrected chi connectivity index (χ3v) is 9.50. The summed E-state index contributed by atoms with van der Waals surface area (Å²) < 4.78 is 39.0. The van der Waals surface area contributed by atoms with Crippen molar-refractivity contribution in [3.63, 3.8) is 0 Å². The number of nitrogens with zero attached hydrogens (tertiary/aromatic N) is 1. The van der Waals surface area contributed by atoms with Crippen molar-refractivity contribution in [2.75, 3.05) is 0 Å². The average Bonchev–Trinajstić information content (AvgIpc) is 3.55. The summed E-state index contributed by atoms with van der Waals surface area (Å²) in [4.78, 5) is 13.7. The topological polar surface area (TPSA) is 35.1 Å². The summed E-state index contributed by atoms with van der Waals surface area (Å²) in [6.45, 7) is 0. The Morgan fingerprint density at radius 3 is 2.02 bits per heavy atom. The third-order valence-electron chi connectivity index (χ3n) is 8.31. The lowest BCUT2D eigenvalue weighted by molar-refractivity contribution is 0.628. The van der Waals surface area contributed by atoms with Gasteiger partial charge in [0.05, 0.1) is 32.2 Å². The Morgan fingerprint density at radius 1 is 0.558 bits per heavy atom. The minimum Gasteiger partial charge on any atom is -0.456 e. The zero-order valence-electron chi connectivity index (χ0n) is 22.4. The molecule has 0 amide bonds. The maximum absolute atomic E-state index is 14.3. The molecule has 43 heavy (non-hydrogen) atoms. The van der Waals surface area contributed by atoms with E-state index < -0.39 is 0 Å². The van der Waals surface area contributed by atoms with Crippen molar-refractivity contribution < 1.29 is 13.2 Å². The predicted octanol–water partition coefficient (Wildman–Crippen LogP) is 10.4. The molecule has 3 aromatic heterocycles. The van der Waals surface area contributed by atoms with E-state index in [1.54, 1.807) is 23.5 Å². The van der Waals surface area contributed by atoms with Gasteiger partial charge in [0.1, 0.15) is 22.8 Å². The molecular formula is C37H19F2NO2S. The highest BCUT2D eigenvalue weighted by Crippen LogP contribution is 2.42. The molecule has 3 heterocycles. The van der Waals surface area contributed by atoms with E-state index in [1.807, 2.05) is 78.9 Å².